The molecular formula is C8H11NO2. The molecule has 0 aliphatic rings. The van der Waals surface area contributed by atoms with Crippen molar-refractivity contribution in [2.24, 2.45) is 0 Å². The Bertz CT molecular complexity index is 252. The maximum atomic E-state index is 10.8. The first-order valence-corrected chi connectivity index (χ1v) is 3.39. The lowest BCUT2D eigenvalue weighted by atomic mass is 10.2. The summed E-state index contributed by atoms with van der Waals surface area (Å²) in [7, 11) is 1.62. The van der Waals surface area contributed by atoms with Crippen molar-refractivity contribution in [2.75, 3.05) is 7.11 Å². The highest BCUT2D eigenvalue weighted by Crippen LogP contribution is 2.01. The number of nitrogens with zero attached hydrogens (tertiary/aromatic N) is 1. The summed E-state index contributed by atoms with van der Waals surface area (Å²) in [5.74, 6) is 0.0832. The number of Topliss-reactive ketones (excluding diaryl/α,β-unsaturated/α-hetero) is 1. The van der Waals surface area contributed by atoms with Gasteiger partial charge in [0.15, 0.2) is 5.78 Å². The number of ketones is 1. The molecule has 1 aromatic rings. The lowest BCUT2D eigenvalue weighted by Gasteiger charge is -1.97. The van der Waals surface area contributed by atoms with Crippen LogP contribution in [-0.2, 0) is 11.5 Å². The van der Waals surface area contributed by atoms with Crippen LogP contribution in [0.4, 0.5) is 0 Å². The summed E-state index contributed by atoms with van der Waals surface area (Å²) >= 11 is 0. The van der Waals surface area contributed by atoms with Crippen LogP contribution in [0.2, 0.25) is 0 Å². The fourth-order valence-electron chi connectivity index (χ4n) is 0.878. The van der Waals surface area contributed by atoms with Gasteiger partial charge >= 0.3 is 0 Å². The number of carbonyl (C=O) groups excluding carboxylic acids is 1. The van der Waals surface area contributed by atoms with Crippen LogP contribution in [0.15, 0.2) is 18.5 Å². The van der Waals surface area contributed by atoms with Gasteiger partial charge in [0.2, 0.25) is 0 Å². The molecule has 60 valence electrons. The smallest absolute Gasteiger partial charge is 0.161 e. The van der Waals surface area contributed by atoms with Crippen LogP contribution in [0.25, 0.3) is 0 Å². The quantitative estimate of drug-likeness (QED) is 0.613. The zero-order valence-electron chi connectivity index (χ0n) is 6.70. The van der Waals surface area contributed by atoms with Crippen LogP contribution < -0.4 is 0 Å². The fourth-order valence-corrected chi connectivity index (χ4v) is 0.878. The number of aromatic nitrogens is 1. The van der Waals surface area contributed by atoms with E-state index in [1.807, 2.05) is 10.8 Å². The topological polar surface area (TPSA) is 31.2 Å². The Morgan fingerprint density at radius 2 is 2.45 bits per heavy atom. The van der Waals surface area contributed by atoms with E-state index in [1.165, 1.54) is 0 Å². The van der Waals surface area contributed by atoms with E-state index in [4.69, 9.17) is 4.74 Å². The van der Waals surface area contributed by atoms with Crippen LogP contribution >= 0.6 is 0 Å². The number of methoxy groups -OCH3 is 1. The molecular weight excluding hydrogens is 142 g/mol. The second-order valence-corrected chi connectivity index (χ2v) is 2.39. The highest BCUT2D eigenvalue weighted by atomic mass is 16.5. The number of ether oxygens (including phenoxy) is 1. The van der Waals surface area contributed by atoms with Crippen LogP contribution in [-0.4, -0.2) is 17.5 Å². The molecule has 0 aliphatic heterocycles. The van der Waals surface area contributed by atoms with E-state index < -0.39 is 0 Å². The molecule has 3 nitrogen and oxygen atoms in total. The summed E-state index contributed by atoms with van der Waals surface area (Å²) in [6.07, 6.45) is 3.59. The molecule has 0 fully saturated rings. The van der Waals surface area contributed by atoms with Gasteiger partial charge in [-0.1, -0.05) is 0 Å². The lowest BCUT2D eigenvalue weighted by Crippen LogP contribution is -1.96. The first-order valence-electron chi connectivity index (χ1n) is 3.39. The molecule has 0 saturated carbocycles. The molecule has 0 atom stereocenters. The summed E-state index contributed by atoms with van der Waals surface area (Å²) in [6.45, 7) is 2.04. The Balaban J connectivity index is 2.73. The van der Waals surface area contributed by atoms with E-state index in [2.05, 4.69) is 0 Å². The zero-order valence-corrected chi connectivity index (χ0v) is 6.70. The van der Waals surface area contributed by atoms with Crippen molar-refractivity contribution in [1.29, 1.82) is 0 Å². The van der Waals surface area contributed by atoms with E-state index in [0.29, 0.717) is 6.73 Å². The van der Waals surface area contributed by atoms with Gasteiger partial charge in [0.25, 0.3) is 0 Å². The third-order valence-corrected chi connectivity index (χ3v) is 1.44. The van der Waals surface area contributed by atoms with E-state index in [-0.39, 0.29) is 5.78 Å². The van der Waals surface area contributed by atoms with Gasteiger partial charge in [-0.2, -0.15) is 0 Å². The molecule has 11 heavy (non-hydrogen) atoms. The van der Waals surface area contributed by atoms with Crippen molar-refractivity contribution in [3.63, 3.8) is 0 Å². The average Bonchev–Trinajstić information content (AvgIpc) is 2.37. The molecule has 0 aliphatic carbocycles. The van der Waals surface area contributed by atoms with Crippen LogP contribution in [0.1, 0.15) is 17.3 Å². The van der Waals surface area contributed by atoms with E-state index in [9.17, 15) is 4.79 Å². The first kappa shape index (κ1) is 8.01. The summed E-state index contributed by atoms with van der Waals surface area (Å²) in [5.41, 5.74) is 0.724. The molecule has 3 heteroatoms. The maximum Gasteiger partial charge on any atom is 0.161 e. The minimum Gasteiger partial charge on any atom is -0.364 e. The molecule has 0 amide bonds. The highest BCUT2D eigenvalue weighted by molar-refractivity contribution is 5.93. The number of hydrogen-bond acceptors (Lipinski definition) is 2. The standard InChI is InChI=1S/C8H11NO2/c1-7(10)8-3-4-9(5-8)6-11-2/h3-5H,6H2,1-2H3. The molecule has 0 radical (unpaired) electrons. The molecule has 1 rings (SSSR count). The normalized spacial score (nSPS) is 10.0. The van der Waals surface area contributed by atoms with Crippen molar-refractivity contribution in [1.82, 2.24) is 4.57 Å². The molecule has 0 unspecified atom stereocenters. The minimum absolute atomic E-state index is 0.0832. The summed E-state index contributed by atoms with van der Waals surface area (Å²) < 4.78 is 6.69. The van der Waals surface area contributed by atoms with Crippen LogP contribution in [0, 0.1) is 0 Å². The van der Waals surface area contributed by atoms with Gasteiger partial charge in [-0.3, -0.25) is 4.79 Å². The zero-order chi connectivity index (χ0) is 8.27. The van der Waals surface area contributed by atoms with Gasteiger partial charge < -0.3 is 9.30 Å². The second-order valence-electron chi connectivity index (χ2n) is 2.39. The molecule has 1 heterocycles. The maximum absolute atomic E-state index is 10.8. The first-order chi connectivity index (χ1) is 5.24. The molecule has 0 bridgehead atoms. The lowest BCUT2D eigenvalue weighted by molar-refractivity contribution is 0.101. The van der Waals surface area contributed by atoms with Crippen molar-refractivity contribution in [2.45, 2.75) is 13.7 Å². The third kappa shape index (κ3) is 1.91. The van der Waals surface area contributed by atoms with E-state index in [1.54, 1.807) is 26.3 Å². The van der Waals surface area contributed by atoms with Gasteiger partial charge in [0.1, 0.15) is 6.73 Å². The van der Waals surface area contributed by atoms with Crippen molar-refractivity contribution in [3.8, 4) is 0 Å². The molecule has 1 aromatic heterocycles. The number of hydrogen-bond donors (Lipinski definition) is 0. The third-order valence-electron chi connectivity index (χ3n) is 1.44. The van der Waals surface area contributed by atoms with Gasteiger partial charge in [-0.25, -0.2) is 0 Å². The van der Waals surface area contributed by atoms with E-state index in [0.717, 1.165) is 5.56 Å². The van der Waals surface area contributed by atoms with E-state index >= 15 is 0 Å². The van der Waals surface area contributed by atoms with Gasteiger partial charge in [0, 0.05) is 25.1 Å². The van der Waals surface area contributed by atoms with Crippen molar-refractivity contribution >= 4 is 5.78 Å². The average molecular weight is 153 g/mol. The highest BCUT2D eigenvalue weighted by Gasteiger charge is 1.99. The Morgan fingerprint density at radius 1 is 1.73 bits per heavy atom. The summed E-state index contributed by atoms with van der Waals surface area (Å²) in [6, 6.07) is 1.78. The largest absolute Gasteiger partial charge is 0.364 e. The monoisotopic (exact) mass is 153 g/mol. The molecule has 0 saturated heterocycles. The van der Waals surface area contributed by atoms with Crippen molar-refractivity contribution < 1.29 is 9.53 Å². The molecule has 0 N–H and O–H groups in total. The summed E-state index contributed by atoms with van der Waals surface area (Å²) in [4.78, 5) is 10.8. The SMILES string of the molecule is COCn1ccc(C(C)=O)c1. The van der Waals surface area contributed by atoms with Crippen molar-refractivity contribution in [3.05, 3.63) is 24.0 Å². The number of rotatable bonds is 3. The predicted molar refractivity (Wildman–Crippen MR) is 41.4 cm³/mol. The number of carbonyl (C=O) groups is 1. The Labute approximate surface area is 65.6 Å². The van der Waals surface area contributed by atoms with Crippen LogP contribution in [0.5, 0.6) is 0 Å². The summed E-state index contributed by atoms with van der Waals surface area (Å²) in [5, 5.41) is 0. The Kier molecular flexibility index (Phi) is 2.44. The Morgan fingerprint density at radius 3 is 2.91 bits per heavy atom. The second kappa shape index (κ2) is 3.34. The predicted octanol–water partition coefficient (Wildman–Crippen LogP) is 1.29. The fraction of sp³-hybridized carbons (Fsp3) is 0.375. The van der Waals surface area contributed by atoms with Gasteiger partial charge in [-0.15, -0.1) is 0 Å². The van der Waals surface area contributed by atoms with Crippen LogP contribution in [0.3, 0.4) is 0 Å². The molecule has 0 spiro atoms. The minimum atomic E-state index is 0.0832. The Hall–Kier alpha value is -1.09. The molecule has 0 aromatic carbocycles. The van der Waals surface area contributed by atoms with Gasteiger partial charge in [-0.05, 0) is 13.0 Å². The van der Waals surface area contributed by atoms with Gasteiger partial charge in [0.05, 0.1) is 0 Å².